The molecule has 6 aromatic rings. The zero-order valence-electron chi connectivity index (χ0n) is 46.6. The van der Waals surface area contributed by atoms with Gasteiger partial charge in [-0.3, -0.25) is 0 Å². The van der Waals surface area contributed by atoms with E-state index in [0.717, 1.165) is 6.20 Å². The summed E-state index contributed by atoms with van der Waals surface area (Å²) in [4.78, 5) is 8.57. The minimum Gasteiger partial charge on any atom is -0.305 e. The molecular weight excluding hydrogens is 785 g/mol. The molecule has 2 aliphatic carbocycles. The van der Waals surface area contributed by atoms with Crippen LogP contribution in [0.2, 0.25) is 0 Å². The molecule has 0 N–H and O–H groups in total. The fourth-order valence-corrected chi connectivity index (χ4v) is 5.90. The van der Waals surface area contributed by atoms with E-state index in [1.54, 1.807) is 54.6 Å². The number of pyridine rings is 2. The molecule has 0 saturated carbocycles. The molecule has 0 atom stereocenters. The van der Waals surface area contributed by atoms with Crippen LogP contribution in [0.25, 0.3) is 33.6 Å². The minimum atomic E-state index is -3.09. The molecule has 255 valence electrons. The van der Waals surface area contributed by atoms with Crippen LogP contribution in [0.15, 0.2) is 109 Å². The largest absolute Gasteiger partial charge is 0.305 e. The summed E-state index contributed by atoms with van der Waals surface area (Å²) < 4.78 is 162. The third kappa shape index (κ3) is 7.60. The molecule has 8 rings (SSSR count). The molecule has 3 heteroatoms. The second-order valence-corrected chi connectivity index (χ2v) is 12.9. The molecule has 2 aromatic heterocycles. The van der Waals surface area contributed by atoms with Crippen LogP contribution in [0.4, 0.5) is 0 Å². The molecule has 0 unspecified atom stereocenters. The van der Waals surface area contributed by atoms with Crippen LogP contribution >= 0.6 is 0 Å². The van der Waals surface area contributed by atoms with Crippen molar-refractivity contribution in [2.24, 2.45) is 10.8 Å². The SMILES string of the molecule is [2H]C([2H])([2H])c1cccc(C([2H])([2H])[2H])c1-c1cc[c-]c(-c2cc(C([2H])([2H])C(C)(C)C)ccn2)c1.[2H]C([2H])([2H])c1cnc(-c2[c-]cccc2)c2c1C([2H])([2H])C1(C([2H])([2H])c3ccccc3C1([2H])[2H])C2([2H])[2H].[Ir]. The third-order valence-electron chi connectivity index (χ3n) is 7.95. The van der Waals surface area contributed by atoms with Gasteiger partial charge >= 0.3 is 0 Å². The molecule has 0 bridgehead atoms. The summed E-state index contributed by atoms with van der Waals surface area (Å²) in [6.45, 7) is -2.45. The molecule has 2 nitrogen and oxygen atoms in total. The molecule has 2 heterocycles. The number of aryl methyl sites for hydroxylation is 3. The Labute approximate surface area is 339 Å². The second kappa shape index (κ2) is 14.6. The average molecular weight is 850 g/mol. The zero-order valence-corrected chi connectivity index (χ0v) is 30.0. The third-order valence-corrected chi connectivity index (χ3v) is 7.95. The van der Waals surface area contributed by atoms with Gasteiger partial charge in [0, 0.05) is 58.5 Å². The van der Waals surface area contributed by atoms with Crippen LogP contribution < -0.4 is 0 Å². The van der Waals surface area contributed by atoms with Crippen molar-refractivity contribution in [1.29, 1.82) is 0 Å². The topological polar surface area (TPSA) is 25.8 Å². The van der Waals surface area contributed by atoms with E-state index in [4.69, 9.17) is 20.6 Å². The van der Waals surface area contributed by atoms with Crippen molar-refractivity contribution in [2.75, 3.05) is 0 Å². The van der Waals surface area contributed by atoms with Gasteiger partial charge in [-0.1, -0.05) is 80.4 Å². The average Bonchev–Trinajstić information content (AvgIpc) is 3.51. The number of fused-ring (bicyclic) bond motifs is 2. The van der Waals surface area contributed by atoms with Crippen LogP contribution in [0.1, 0.15) is 91.3 Å². The first-order valence-corrected chi connectivity index (χ1v) is 15.8. The van der Waals surface area contributed by atoms with E-state index in [-0.39, 0.29) is 59.2 Å². The van der Waals surface area contributed by atoms with Crippen molar-refractivity contribution in [2.45, 2.75) is 73.2 Å². The molecule has 0 amide bonds. The summed E-state index contributed by atoms with van der Waals surface area (Å²) >= 11 is 0. The number of rotatable bonds is 4. The van der Waals surface area contributed by atoms with E-state index in [2.05, 4.69) is 22.1 Å². The van der Waals surface area contributed by atoms with Crippen LogP contribution in [-0.2, 0) is 52.0 Å². The van der Waals surface area contributed by atoms with E-state index in [9.17, 15) is 5.48 Å². The molecular formula is C47H46IrN2-2. The number of hydrogen-bond acceptors (Lipinski definition) is 2. The van der Waals surface area contributed by atoms with Crippen molar-refractivity contribution in [3.63, 3.8) is 0 Å². The van der Waals surface area contributed by atoms with E-state index in [1.807, 2.05) is 20.8 Å². The Morgan fingerprint density at radius 3 is 2.12 bits per heavy atom. The van der Waals surface area contributed by atoms with Crippen LogP contribution in [0, 0.1) is 43.5 Å². The number of hydrogen-bond donors (Lipinski definition) is 0. The van der Waals surface area contributed by atoms with Crippen molar-refractivity contribution >= 4 is 0 Å². The molecule has 1 spiro atoms. The first-order valence-electron chi connectivity index (χ1n) is 25.3. The predicted octanol–water partition coefficient (Wildman–Crippen LogP) is 11.2. The van der Waals surface area contributed by atoms with Gasteiger partial charge in [-0.2, -0.15) is 0 Å². The van der Waals surface area contributed by atoms with Gasteiger partial charge < -0.3 is 9.97 Å². The standard InChI is InChI=1S/C24H26N.C23H20N.Ir/c1-17-8-6-9-18(2)23(17)21-11-7-10-20(15-21)22-14-19(12-13-25-22)16-24(3,4)5;1-16-15-24-22(17-7-3-2-4-8-17)21-14-23(13-20(16)21)11-18-9-5-6-10-19(18)12-23;/h6-9,11-15H,16H2,1-5H3;2-7,9-10,15H,11-14H2,1H3;/q2*-1;/i1D3,2D3,16D2;1D3,11D2,12D2,13D2,14D2;. The van der Waals surface area contributed by atoms with Gasteiger partial charge in [-0.25, -0.2) is 0 Å². The van der Waals surface area contributed by atoms with E-state index in [0.29, 0.717) is 22.4 Å². The van der Waals surface area contributed by atoms with Crippen molar-refractivity contribution in [1.82, 2.24) is 9.97 Å². The van der Waals surface area contributed by atoms with Gasteiger partial charge in [0.2, 0.25) is 0 Å². The number of aromatic nitrogens is 2. The van der Waals surface area contributed by atoms with Gasteiger partial charge in [0.05, 0.1) is 0 Å². The monoisotopic (exact) mass is 850 g/mol. The quantitative estimate of drug-likeness (QED) is 0.165. The fraction of sp³-hybridized carbons (Fsp3) is 0.277. The second-order valence-electron chi connectivity index (χ2n) is 12.9. The first-order chi connectivity index (χ1) is 31.1. The summed E-state index contributed by atoms with van der Waals surface area (Å²) in [5.41, 5.74) is -3.50. The van der Waals surface area contributed by atoms with Crippen molar-refractivity contribution < 1.29 is 46.1 Å². The number of benzene rings is 4. The van der Waals surface area contributed by atoms with Crippen LogP contribution in [0.3, 0.4) is 0 Å². The van der Waals surface area contributed by atoms with Gasteiger partial charge in [0.25, 0.3) is 0 Å². The summed E-state index contributed by atoms with van der Waals surface area (Å²) in [7, 11) is 0. The maximum Gasteiger partial charge on any atom is 0.0322 e. The Morgan fingerprint density at radius 2 is 1.44 bits per heavy atom. The zero-order chi connectivity index (χ0) is 50.6. The Balaban J connectivity index is 0.000000224. The maximum atomic E-state index is 9.26. The van der Waals surface area contributed by atoms with Crippen molar-refractivity contribution in [3.05, 3.63) is 166 Å². The molecule has 0 fully saturated rings. The van der Waals surface area contributed by atoms with Crippen molar-refractivity contribution in [3.8, 4) is 33.6 Å². The summed E-state index contributed by atoms with van der Waals surface area (Å²) in [5, 5.41) is 0. The maximum absolute atomic E-state index is 9.26. The van der Waals surface area contributed by atoms with Gasteiger partial charge in [-0.15, -0.1) is 71.3 Å². The van der Waals surface area contributed by atoms with E-state index in [1.165, 1.54) is 48.7 Å². The summed E-state index contributed by atoms with van der Waals surface area (Å²) in [6.07, 6.45) is -11.0. The Morgan fingerprint density at radius 1 is 0.740 bits per heavy atom. The summed E-state index contributed by atoms with van der Waals surface area (Å²) in [5.74, 6) is 0. The molecule has 50 heavy (non-hydrogen) atoms. The molecule has 0 saturated heterocycles. The number of nitrogens with zero attached hydrogens (tertiary/aromatic N) is 2. The normalized spacial score (nSPS) is 24.7. The molecule has 4 aromatic carbocycles. The van der Waals surface area contributed by atoms with Gasteiger partial charge in [0.15, 0.2) is 0 Å². The molecule has 0 aliphatic heterocycles. The molecule has 2 aliphatic rings. The fourth-order valence-electron chi connectivity index (χ4n) is 5.90. The minimum absolute atomic E-state index is 0. The predicted molar refractivity (Wildman–Crippen MR) is 204 cm³/mol. The first kappa shape index (κ1) is 18.9. The Kier molecular flexibility index (Phi) is 5.51. The Bertz CT molecular complexity index is 2830. The van der Waals surface area contributed by atoms with Gasteiger partial charge in [0.1, 0.15) is 0 Å². The molecule has 1 radical (unpaired) electrons. The summed E-state index contributed by atoms with van der Waals surface area (Å²) in [6, 6.07) is 30.4. The van der Waals surface area contributed by atoms with Gasteiger partial charge in [-0.05, 0) is 120 Å². The Hall–Kier alpha value is -4.17. The van der Waals surface area contributed by atoms with Crippen LogP contribution in [0.5, 0.6) is 0 Å². The van der Waals surface area contributed by atoms with E-state index >= 15 is 0 Å². The smallest absolute Gasteiger partial charge is 0.0322 e. The van der Waals surface area contributed by atoms with Crippen LogP contribution in [-0.4, -0.2) is 9.97 Å². The van der Waals surface area contributed by atoms with E-state index < -0.39 is 79.9 Å².